The SMILES string of the molecule is C[C@H]1[C@H](c2ccccc2)[C@@H](O[C@H](C)c2cc(C(F)(F)F)cc(C(F)(F)F)c2)OC[C@H]1C. The first-order valence-electron chi connectivity index (χ1n) is 9.99. The highest BCUT2D eigenvalue weighted by molar-refractivity contribution is 5.34. The van der Waals surface area contributed by atoms with Crippen LogP contribution in [0.2, 0.25) is 0 Å². The van der Waals surface area contributed by atoms with Crippen LogP contribution in [0.3, 0.4) is 0 Å². The second-order valence-electron chi connectivity index (χ2n) is 8.09. The first-order chi connectivity index (χ1) is 14.4. The summed E-state index contributed by atoms with van der Waals surface area (Å²) < 4.78 is 91.0. The van der Waals surface area contributed by atoms with Crippen LogP contribution < -0.4 is 0 Å². The molecule has 2 nitrogen and oxygen atoms in total. The molecule has 0 aromatic heterocycles. The number of alkyl halides is 6. The second-order valence-corrected chi connectivity index (χ2v) is 8.09. The zero-order valence-electron chi connectivity index (χ0n) is 17.3. The highest BCUT2D eigenvalue weighted by Gasteiger charge is 2.40. The van der Waals surface area contributed by atoms with Gasteiger partial charge in [0.1, 0.15) is 0 Å². The van der Waals surface area contributed by atoms with Gasteiger partial charge in [0.05, 0.1) is 23.8 Å². The Morgan fingerprint density at radius 3 is 1.97 bits per heavy atom. The molecular formula is C23H24F6O2. The summed E-state index contributed by atoms with van der Waals surface area (Å²) in [4.78, 5) is 0. The van der Waals surface area contributed by atoms with Gasteiger partial charge in [-0.05, 0) is 48.1 Å². The van der Waals surface area contributed by atoms with Gasteiger partial charge in [-0.15, -0.1) is 0 Å². The maximum Gasteiger partial charge on any atom is 0.416 e. The summed E-state index contributed by atoms with van der Waals surface area (Å²) in [6, 6.07) is 10.9. The fraction of sp³-hybridized carbons (Fsp3) is 0.478. The van der Waals surface area contributed by atoms with Crippen molar-refractivity contribution in [3.63, 3.8) is 0 Å². The van der Waals surface area contributed by atoms with Crippen LogP contribution in [-0.4, -0.2) is 12.9 Å². The Labute approximate surface area is 177 Å². The van der Waals surface area contributed by atoms with E-state index in [0.29, 0.717) is 18.7 Å². The van der Waals surface area contributed by atoms with Gasteiger partial charge in [0, 0.05) is 5.92 Å². The van der Waals surface area contributed by atoms with Gasteiger partial charge in [-0.3, -0.25) is 0 Å². The van der Waals surface area contributed by atoms with Gasteiger partial charge in [0.25, 0.3) is 0 Å². The van der Waals surface area contributed by atoms with Gasteiger partial charge in [-0.2, -0.15) is 26.3 Å². The molecule has 0 radical (unpaired) electrons. The van der Waals surface area contributed by atoms with Crippen LogP contribution in [0, 0.1) is 11.8 Å². The third kappa shape index (κ3) is 5.41. The number of benzene rings is 2. The minimum Gasteiger partial charge on any atom is -0.352 e. The van der Waals surface area contributed by atoms with Crippen LogP contribution in [-0.2, 0) is 21.8 Å². The maximum atomic E-state index is 13.2. The number of hydrogen-bond donors (Lipinski definition) is 0. The summed E-state index contributed by atoms with van der Waals surface area (Å²) >= 11 is 0. The summed E-state index contributed by atoms with van der Waals surface area (Å²) in [6.07, 6.45) is -11.7. The summed E-state index contributed by atoms with van der Waals surface area (Å²) in [5, 5.41) is 0. The van der Waals surface area contributed by atoms with Crippen molar-refractivity contribution in [1.82, 2.24) is 0 Å². The van der Waals surface area contributed by atoms with Gasteiger partial charge < -0.3 is 9.47 Å². The van der Waals surface area contributed by atoms with Crippen LogP contribution in [0.5, 0.6) is 0 Å². The van der Waals surface area contributed by atoms with Crippen molar-refractivity contribution in [2.75, 3.05) is 6.61 Å². The molecule has 1 heterocycles. The van der Waals surface area contributed by atoms with E-state index in [9.17, 15) is 26.3 Å². The van der Waals surface area contributed by atoms with Crippen LogP contribution in [0.15, 0.2) is 48.5 Å². The number of ether oxygens (including phenoxy) is 2. The van der Waals surface area contributed by atoms with E-state index in [4.69, 9.17) is 9.47 Å². The highest BCUT2D eigenvalue weighted by atomic mass is 19.4. The molecule has 5 atom stereocenters. The largest absolute Gasteiger partial charge is 0.416 e. The molecule has 3 rings (SSSR count). The monoisotopic (exact) mass is 446 g/mol. The normalized spacial score (nSPS) is 26.0. The average molecular weight is 446 g/mol. The first kappa shape index (κ1) is 23.6. The molecule has 0 amide bonds. The Bertz CT molecular complexity index is 846. The van der Waals surface area contributed by atoms with Crippen molar-refractivity contribution in [3.8, 4) is 0 Å². The summed E-state index contributed by atoms with van der Waals surface area (Å²) in [5.74, 6) is 0.145. The predicted molar refractivity (Wildman–Crippen MR) is 103 cm³/mol. The van der Waals surface area contributed by atoms with Crippen molar-refractivity contribution < 1.29 is 35.8 Å². The lowest BCUT2D eigenvalue weighted by molar-refractivity contribution is -0.219. The average Bonchev–Trinajstić information content (AvgIpc) is 2.70. The van der Waals surface area contributed by atoms with Crippen LogP contribution >= 0.6 is 0 Å². The molecule has 1 aliphatic rings. The minimum absolute atomic E-state index is 0.115. The quantitative estimate of drug-likeness (QED) is 0.462. The molecule has 1 aliphatic heterocycles. The molecular weight excluding hydrogens is 422 g/mol. The first-order valence-corrected chi connectivity index (χ1v) is 9.99. The van der Waals surface area contributed by atoms with Crippen LogP contribution in [0.4, 0.5) is 26.3 Å². The lowest BCUT2D eigenvalue weighted by atomic mass is 9.78. The van der Waals surface area contributed by atoms with Crippen molar-refractivity contribution in [2.24, 2.45) is 11.8 Å². The molecule has 2 aromatic rings. The van der Waals surface area contributed by atoms with Gasteiger partial charge in [-0.25, -0.2) is 0 Å². The third-order valence-electron chi connectivity index (χ3n) is 5.88. The van der Waals surface area contributed by atoms with E-state index in [-0.39, 0.29) is 29.4 Å². The molecule has 0 aliphatic carbocycles. The van der Waals surface area contributed by atoms with E-state index in [0.717, 1.165) is 5.56 Å². The van der Waals surface area contributed by atoms with E-state index >= 15 is 0 Å². The molecule has 8 heteroatoms. The third-order valence-corrected chi connectivity index (χ3v) is 5.88. The van der Waals surface area contributed by atoms with Gasteiger partial charge >= 0.3 is 12.4 Å². The second kappa shape index (κ2) is 8.82. The summed E-state index contributed by atoms with van der Waals surface area (Å²) in [6.45, 7) is 5.89. The Hall–Kier alpha value is -2.06. The van der Waals surface area contributed by atoms with E-state index in [2.05, 4.69) is 0 Å². The fourth-order valence-corrected chi connectivity index (χ4v) is 3.86. The lowest BCUT2D eigenvalue weighted by Crippen LogP contribution is -2.40. The summed E-state index contributed by atoms with van der Waals surface area (Å²) in [5.41, 5.74) is -1.99. The molecule has 1 saturated heterocycles. The van der Waals surface area contributed by atoms with Crippen LogP contribution in [0.1, 0.15) is 55.0 Å². The zero-order chi connectivity index (χ0) is 23.0. The standard InChI is InChI=1S/C23H24F6O2/c1-13-12-30-21(20(14(13)2)16-7-5-4-6-8-16)31-15(3)17-9-18(22(24,25)26)11-19(10-17)23(27,28)29/h4-11,13-15,20-21H,12H2,1-3H3/t13-,14-,15-,20-,21-/m1/s1. The minimum atomic E-state index is -4.91. The van der Waals surface area contributed by atoms with Crippen molar-refractivity contribution in [3.05, 3.63) is 70.8 Å². The Morgan fingerprint density at radius 1 is 0.903 bits per heavy atom. The topological polar surface area (TPSA) is 18.5 Å². The smallest absolute Gasteiger partial charge is 0.352 e. The van der Waals surface area contributed by atoms with Crippen molar-refractivity contribution in [1.29, 1.82) is 0 Å². The highest BCUT2D eigenvalue weighted by Crippen LogP contribution is 2.42. The molecule has 170 valence electrons. The molecule has 31 heavy (non-hydrogen) atoms. The van der Waals surface area contributed by atoms with Crippen molar-refractivity contribution in [2.45, 2.75) is 51.4 Å². The van der Waals surface area contributed by atoms with E-state index in [1.165, 1.54) is 6.92 Å². The summed E-state index contributed by atoms with van der Waals surface area (Å²) in [7, 11) is 0. The van der Waals surface area contributed by atoms with E-state index < -0.39 is 35.9 Å². The van der Waals surface area contributed by atoms with Gasteiger partial charge in [0.15, 0.2) is 6.29 Å². The molecule has 0 bridgehead atoms. The fourth-order valence-electron chi connectivity index (χ4n) is 3.86. The Balaban J connectivity index is 1.93. The molecule has 0 spiro atoms. The molecule has 0 N–H and O–H groups in total. The number of hydrogen-bond acceptors (Lipinski definition) is 2. The molecule has 0 unspecified atom stereocenters. The van der Waals surface area contributed by atoms with Crippen LogP contribution in [0.25, 0.3) is 0 Å². The molecule has 1 fully saturated rings. The molecule has 0 saturated carbocycles. The Kier molecular flexibility index (Phi) is 6.72. The van der Waals surface area contributed by atoms with Gasteiger partial charge in [0.2, 0.25) is 0 Å². The van der Waals surface area contributed by atoms with Gasteiger partial charge in [-0.1, -0.05) is 44.2 Å². The zero-order valence-corrected chi connectivity index (χ0v) is 17.3. The predicted octanol–water partition coefficient (Wildman–Crippen LogP) is 7.21. The van der Waals surface area contributed by atoms with E-state index in [1.807, 2.05) is 44.2 Å². The van der Waals surface area contributed by atoms with E-state index in [1.54, 1.807) is 0 Å². The molecule has 2 aromatic carbocycles. The van der Waals surface area contributed by atoms with Crippen molar-refractivity contribution >= 4 is 0 Å². The lowest BCUT2D eigenvalue weighted by Gasteiger charge is -2.41. The number of halogens is 6. The Morgan fingerprint density at radius 2 is 1.45 bits per heavy atom. The number of rotatable bonds is 4. The maximum absolute atomic E-state index is 13.2.